The summed E-state index contributed by atoms with van der Waals surface area (Å²) in [5, 5.41) is 0. The molecule has 0 saturated heterocycles. The van der Waals surface area contributed by atoms with Gasteiger partial charge in [0.2, 0.25) is 0 Å². The molecule has 0 aliphatic heterocycles. The number of nitrogens with one attached hydrogen (secondary N) is 1. The van der Waals surface area contributed by atoms with E-state index in [0.717, 1.165) is 29.9 Å². The monoisotopic (exact) mass is 350 g/mol. The Hall–Kier alpha value is -2.92. The predicted octanol–water partition coefficient (Wildman–Crippen LogP) is 3.68. The first-order chi connectivity index (χ1) is 12.8. The molecule has 2 heterocycles. The lowest BCUT2D eigenvalue weighted by molar-refractivity contribution is -0.135. The second kappa shape index (κ2) is 9.53. The van der Waals surface area contributed by atoms with E-state index in [1.807, 2.05) is 60.7 Å². The zero-order valence-corrected chi connectivity index (χ0v) is 14.5. The number of hydrogen-bond acceptors (Lipinski definition) is 4. The van der Waals surface area contributed by atoms with Gasteiger partial charge in [-0.15, -0.1) is 0 Å². The summed E-state index contributed by atoms with van der Waals surface area (Å²) in [6, 6.07) is 19.2. The number of hydroxylamine groups is 1. The lowest BCUT2D eigenvalue weighted by atomic mass is 9.93. The zero-order valence-electron chi connectivity index (χ0n) is 14.5. The van der Waals surface area contributed by atoms with Gasteiger partial charge in [0.05, 0.1) is 18.8 Å². The number of amides is 1. The number of nitrogens with zero attached hydrogens (tertiary/aromatic N) is 1. The molecule has 5 nitrogen and oxygen atoms in total. The van der Waals surface area contributed by atoms with Gasteiger partial charge in [-0.2, -0.15) is 0 Å². The average molecular weight is 350 g/mol. The third kappa shape index (κ3) is 5.29. The normalized spacial score (nSPS) is 11.8. The first kappa shape index (κ1) is 17.9. The summed E-state index contributed by atoms with van der Waals surface area (Å²) in [5.41, 5.74) is 4.39. The number of carbonyl (C=O) groups is 1. The summed E-state index contributed by atoms with van der Waals surface area (Å²) in [4.78, 5) is 22.4. The van der Waals surface area contributed by atoms with Crippen molar-refractivity contribution in [2.75, 3.05) is 6.61 Å². The molecular weight excluding hydrogens is 328 g/mol. The smallest absolute Gasteiger partial charge is 0.251 e. The van der Waals surface area contributed by atoms with Gasteiger partial charge in [0, 0.05) is 24.7 Å². The van der Waals surface area contributed by atoms with Crippen molar-refractivity contribution in [3.63, 3.8) is 0 Å². The Morgan fingerprint density at radius 1 is 1.08 bits per heavy atom. The number of rotatable bonds is 9. The van der Waals surface area contributed by atoms with Crippen LogP contribution in [-0.4, -0.2) is 17.5 Å². The molecule has 3 aromatic rings. The highest BCUT2D eigenvalue weighted by Gasteiger charge is 2.21. The van der Waals surface area contributed by atoms with E-state index >= 15 is 0 Å². The topological polar surface area (TPSA) is 64.4 Å². The third-order valence-corrected chi connectivity index (χ3v) is 4.08. The SMILES string of the molecule is O=C(NOCCCc1ccco1)C(Cc1ccccn1)c1ccccc1. The van der Waals surface area contributed by atoms with Crippen molar-refractivity contribution in [2.24, 2.45) is 0 Å². The zero-order chi connectivity index (χ0) is 18.0. The number of carbonyl (C=O) groups excluding carboxylic acids is 1. The summed E-state index contributed by atoms with van der Waals surface area (Å²) < 4.78 is 5.27. The maximum atomic E-state index is 12.7. The van der Waals surface area contributed by atoms with E-state index in [0.29, 0.717) is 13.0 Å². The highest BCUT2D eigenvalue weighted by atomic mass is 16.6. The van der Waals surface area contributed by atoms with Gasteiger partial charge >= 0.3 is 0 Å². The molecule has 1 unspecified atom stereocenters. The number of furan rings is 1. The highest BCUT2D eigenvalue weighted by molar-refractivity contribution is 5.83. The van der Waals surface area contributed by atoms with Crippen LogP contribution in [-0.2, 0) is 22.5 Å². The standard InChI is InChI=1S/C21H22N2O3/c24-21(23-26-15-7-12-19-11-6-14-25-19)20(17-8-2-1-3-9-17)16-18-10-4-5-13-22-18/h1-6,8-11,13-14,20H,7,12,15-16H2,(H,23,24). The van der Waals surface area contributed by atoms with Gasteiger partial charge < -0.3 is 4.42 Å². The van der Waals surface area contributed by atoms with Gasteiger partial charge in [-0.1, -0.05) is 36.4 Å². The fourth-order valence-corrected chi connectivity index (χ4v) is 2.74. The van der Waals surface area contributed by atoms with Crippen LogP contribution in [0.25, 0.3) is 0 Å². The largest absolute Gasteiger partial charge is 0.469 e. The maximum Gasteiger partial charge on any atom is 0.251 e. The van der Waals surface area contributed by atoms with Crippen molar-refractivity contribution in [1.82, 2.24) is 10.5 Å². The minimum Gasteiger partial charge on any atom is -0.469 e. The third-order valence-electron chi connectivity index (χ3n) is 4.08. The van der Waals surface area contributed by atoms with E-state index in [1.165, 1.54) is 0 Å². The molecule has 3 rings (SSSR count). The van der Waals surface area contributed by atoms with Crippen molar-refractivity contribution in [1.29, 1.82) is 0 Å². The number of pyridine rings is 1. The molecule has 26 heavy (non-hydrogen) atoms. The van der Waals surface area contributed by atoms with Crippen LogP contribution >= 0.6 is 0 Å². The first-order valence-electron chi connectivity index (χ1n) is 8.72. The summed E-state index contributed by atoms with van der Waals surface area (Å²) in [7, 11) is 0. The number of aryl methyl sites for hydroxylation is 1. The molecule has 0 radical (unpaired) electrons. The Bertz CT molecular complexity index is 774. The summed E-state index contributed by atoms with van der Waals surface area (Å²) >= 11 is 0. The Morgan fingerprint density at radius 3 is 2.65 bits per heavy atom. The highest BCUT2D eigenvalue weighted by Crippen LogP contribution is 2.20. The van der Waals surface area contributed by atoms with Crippen LogP contribution in [0.15, 0.2) is 77.5 Å². The molecule has 0 fully saturated rings. The fraction of sp³-hybridized carbons (Fsp3) is 0.238. The first-order valence-corrected chi connectivity index (χ1v) is 8.72. The van der Waals surface area contributed by atoms with Crippen LogP contribution in [0, 0.1) is 0 Å². The Labute approximate surface area is 153 Å². The van der Waals surface area contributed by atoms with Crippen LogP contribution in [0.3, 0.4) is 0 Å². The van der Waals surface area contributed by atoms with Crippen LogP contribution in [0.5, 0.6) is 0 Å². The van der Waals surface area contributed by atoms with E-state index in [-0.39, 0.29) is 11.8 Å². The molecule has 0 aliphatic carbocycles. The van der Waals surface area contributed by atoms with Gasteiger partial charge in [0.1, 0.15) is 5.76 Å². The molecule has 2 aromatic heterocycles. The van der Waals surface area contributed by atoms with Crippen molar-refractivity contribution < 1.29 is 14.0 Å². The summed E-state index contributed by atoms with van der Waals surface area (Å²) in [5.74, 6) is 0.397. The molecule has 0 aliphatic rings. The molecule has 1 N–H and O–H groups in total. The van der Waals surface area contributed by atoms with Gasteiger partial charge in [0.15, 0.2) is 0 Å². The Kier molecular flexibility index (Phi) is 6.56. The fourth-order valence-electron chi connectivity index (χ4n) is 2.74. The molecule has 0 bridgehead atoms. The Morgan fingerprint density at radius 2 is 1.92 bits per heavy atom. The molecule has 134 valence electrons. The average Bonchev–Trinajstić information content (AvgIpc) is 3.21. The van der Waals surface area contributed by atoms with E-state index < -0.39 is 0 Å². The van der Waals surface area contributed by atoms with Crippen molar-refractivity contribution in [3.8, 4) is 0 Å². The summed E-state index contributed by atoms with van der Waals surface area (Å²) in [6.07, 6.45) is 5.45. The van der Waals surface area contributed by atoms with Crippen LogP contribution in [0.1, 0.15) is 29.4 Å². The lowest BCUT2D eigenvalue weighted by Gasteiger charge is -2.17. The minimum atomic E-state index is -0.351. The molecule has 5 heteroatoms. The summed E-state index contributed by atoms with van der Waals surface area (Å²) in [6.45, 7) is 0.428. The van der Waals surface area contributed by atoms with Crippen LogP contribution < -0.4 is 5.48 Å². The minimum absolute atomic E-state index is 0.167. The van der Waals surface area contributed by atoms with Crippen LogP contribution in [0.2, 0.25) is 0 Å². The Balaban J connectivity index is 1.54. The van der Waals surface area contributed by atoms with Crippen LogP contribution in [0.4, 0.5) is 0 Å². The second-order valence-electron chi connectivity index (χ2n) is 5.99. The van der Waals surface area contributed by atoms with E-state index in [2.05, 4.69) is 10.5 Å². The van der Waals surface area contributed by atoms with Crippen molar-refractivity contribution in [2.45, 2.75) is 25.2 Å². The molecule has 1 amide bonds. The van der Waals surface area contributed by atoms with Gasteiger partial charge in [-0.25, -0.2) is 5.48 Å². The molecule has 1 atom stereocenters. The number of aromatic nitrogens is 1. The molecule has 0 saturated carbocycles. The van der Waals surface area contributed by atoms with Gasteiger partial charge in [-0.05, 0) is 36.2 Å². The van der Waals surface area contributed by atoms with E-state index in [4.69, 9.17) is 9.25 Å². The predicted molar refractivity (Wildman–Crippen MR) is 98.2 cm³/mol. The van der Waals surface area contributed by atoms with Gasteiger partial charge in [0.25, 0.3) is 5.91 Å². The van der Waals surface area contributed by atoms with E-state index in [9.17, 15) is 4.79 Å². The quantitative estimate of drug-likeness (QED) is 0.472. The van der Waals surface area contributed by atoms with Crippen molar-refractivity contribution in [3.05, 3.63) is 90.1 Å². The molecule has 1 aromatic carbocycles. The molecular formula is C21H22N2O3. The second-order valence-corrected chi connectivity index (χ2v) is 5.99. The van der Waals surface area contributed by atoms with E-state index in [1.54, 1.807) is 12.5 Å². The number of benzene rings is 1. The molecule has 0 spiro atoms. The van der Waals surface area contributed by atoms with Gasteiger partial charge in [-0.3, -0.25) is 14.6 Å². The number of hydrogen-bond donors (Lipinski definition) is 1. The van der Waals surface area contributed by atoms with Crippen molar-refractivity contribution >= 4 is 5.91 Å². The maximum absolute atomic E-state index is 12.7. The lowest BCUT2D eigenvalue weighted by Crippen LogP contribution is -2.31.